The van der Waals surface area contributed by atoms with E-state index in [4.69, 9.17) is 0 Å². The Kier molecular flexibility index (Phi) is 3.04. The van der Waals surface area contributed by atoms with E-state index in [1.54, 1.807) is 0 Å². The van der Waals surface area contributed by atoms with Gasteiger partial charge in [-0.1, -0.05) is 80.3 Å². The summed E-state index contributed by atoms with van der Waals surface area (Å²) < 4.78 is 0. The molecule has 0 heterocycles. The van der Waals surface area contributed by atoms with Crippen LogP contribution in [0, 0.1) is 11.8 Å². The molecule has 1 aromatic carbocycles. The highest BCUT2D eigenvalue weighted by atomic mass is 28.3. The molecule has 1 nitrogen and oxygen atoms in total. The molecule has 2 atom stereocenters. The lowest BCUT2D eigenvalue weighted by molar-refractivity contribution is 0.104. The largest absolute Gasteiger partial charge is 0.289 e. The van der Waals surface area contributed by atoms with Crippen molar-refractivity contribution in [2.45, 2.75) is 26.6 Å². The summed E-state index contributed by atoms with van der Waals surface area (Å²) in [6.45, 7) is 9.31. The molecular weight excluding hydrogens is 296 g/mol. The van der Waals surface area contributed by atoms with E-state index in [-0.39, 0.29) is 5.78 Å². The molecular formula is C21H22OSi. The number of Topliss-reactive ketones (excluding diaryl/α,β-unsaturated/α-hetero) is 1. The number of hydrogen-bond donors (Lipinski definition) is 0. The third-order valence-corrected chi connectivity index (χ3v) is 7.28. The lowest BCUT2D eigenvalue weighted by Gasteiger charge is -2.35. The van der Waals surface area contributed by atoms with E-state index in [0.29, 0.717) is 11.8 Å². The van der Waals surface area contributed by atoms with Crippen LogP contribution in [-0.2, 0) is 0 Å². The Bertz CT molecular complexity index is 843. The summed E-state index contributed by atoms with van der Waals surface area (Å²) in [6.07, 6.45) is 9.06. The zero-order valence-corrected chi connectivity index (χ0v) is 15.2. The normalized spacial score (nSPS) is 25.7. The predicted octanol–water partition coefficient (Wildman–Crippen LogP) is 5.20. The van der Waals surface area contributed by atoms with Crippen LogP contribution in [0.15, 0.2) is 64.9 Å². The van der Waals surface area contributed by atoms with Crippen molar-refractivity contribution in [3.05, 3.63) is 76.0 Å². The fraction of sp³-hybridized carbons (Fsp3) is 0.286. The zero-order chi connectivity index (χ0) is 16.4. The van der Waals surface area contributed by atoms with Gasteiger partial charge in [-0.05, 0) is 22.6 Å². The van der Waals surface area contributed by atoms with Gasteiger partial charge < -0.3 is 0 Å². The smallest absolute Gasteiger partial charge is 0.194 e. The Hall–Kier alpha value is -1.93. The third-order valence-electron chi connectivity index (χ3n) is 5.25. The van der Waals surface area contributed by atoms with Crippen LogP contribution in [0.3, 0.4) is 0 Å². The van der Waals surface area contributed by atoms with E-state index in [1.807, 2.05) is 18.2 Å². The predicted molar refractivity (Wildman–Crippen MR) is 99.0 cm³/mol. The van der Waals surface area contributed by atoms with Gasteiger partial charge >= 0.3 is 0 Å². The van der Waals surface area contributed by atoms with Crippen LogP contribution in [0.1, 0.15) is 22.8 Å². The van der Waals surface area contributed by atoms with Crippen molar-refractivity contribution in [2.24, 2.45) is 11.8 Å². The van der Waals surface area contributed by atoms with Gasteiger partial charge in [0.05, 0.1) is 8.07 Å². The molecule has 2 heteroatoms. The standard InChI is InChI=1S/C21H22OSi/c1-13-8-7-11-15-17(13)12-18(23(2,3)4)20-19(15)14-9-5-6-10-16(14)21(20)22/h5-13,17H,1-4H3. The van der Waals surface area contributed by atoms with Gasteiger partial charge in [0.15, 0.2) is 5.78 Å². The van der Waals surface area contributed by atoms with Crippen molar-refractivity contribution in [3.63, 3.8) is 0 Å². The maximum atomic E-state index is 13.1. The van der Waals surface area contributed by atoms with Gasteiger partial charge in [-0.15, -0.1) is 0 Å². The van der Waals surface area contributed by atoms with Crippen LogP contribution in [0.25, 0.3) is 5.57 Å². The van der Waals surface area contributed by atoms with Crippen molar-refractivity contribution in [2.75, 3.05) is 0 Å². The molecule has 0 aromatic heterocycles. The Morgan fingerprint density at radius 3 is 2.39 bits per heavy atom. The van der Waals surface area contributed by atoms with Crippen LogP contribution in [0.5, 0.6) is 0 Å². The van der Waals surface area contributed by atoms with E-state index in [9.17, 15) is 4.79 Å². The summed E-state index contributed by atoms with van der Waals surface area (Å²) in [6, 6.07) is 8.12. The highest BCUT2D eigenvalue weighted by Crippen LogP contribution is 2.51. The highest BCUT2D eigenvalue weighted by Gasteiger charge is 2.42. The number of hydrogen-bond acceptors (Lipinski definition) is 1. The van der Waals surface area contributed by atoms with Gasteiger partial charge in [-0.2, -0.15) is 0 Å². The van der Waals surface area contributed by atoms with Crippen LogP contribution >= 0.6 is 0 Å². The molecule has 0 fully saturated rings. The first kappa shape index (κ1) is 14.6. The Labute approximate surface area is 139 Å². The monoisotopic (exact) mass is 318 g/mol. The maximum absolute atomic E-state index is 13.1. The van der Waals surface area contributed by atoms with E-state index in [2.05, 4.69) is 56.9 Å². The topological polar surface area (TPSA) is 17.1 Å². The molecule has 23 heavy (non-hydrogen) atoms. The van der Waals surface area contributed by atoms with Crippen LogP contribution in [0.4, 0.5) is 0 Å². The highest BCUT2D eigenvalue weighted by molar-refractivity contribution is 6.85. The fourth-order valence-corrected chi connectivity index (χ4v) is 5.73. The first-order valence-corrected chi connectivity index (χ1v) is 11.9. The van der Waals surface area contributed by atoms with Gasteiger partial charge in [0.2, 0.25) is 0 Å². The molecule has 2 unspecified atom stereocenters. The van der Waals surface area contributed by atoms with Crippen molar-refractivity contribution in [1.29, 1.82) is 0 Å². The molecule has 0 N–H and O–H groups in total. The van der Waals surface area contributed by atoms with Crippen LogP contribution in [0.2, 0.25) is 19.6 Å². The quantitative estimate of drug-likeness (QED) is 0.650. The summed E-state index contributed by atoms with van der Waals surface area (Å²) in [5.41, 5.74) is 5.55. The molecule has 0 saturated carbocycles. The number of rotatable bonds is 1. The van der Waals surface area contributed by atoms with Crippen molar-refractivity contribution in [1.82, 2.24) is 0 Å². The average Bonchev–Trinajstić information content (AvgIpc) is 2.81. The number of carbonyl (C=O) groups excluding carboxylic acids is 1. The Balaban J connectivity index is 2.04. The van der Waals surface area contributed by atoms with Gasteiger partial charge in [0.25, 0.3) is 0 Å². The second-order valence-corrected chi connectivity index (χ2v) is 12.9. The van der Waals surface area contributed by atoms with E-state index >= 15 is 0 Å². The molecule has 4 rings (SSSR count). The molecule has 0 amide bonds. The number of allylic oxidation sites excluding steroid dienone is 8. The first-order valence-electron chi connectivity index (χ1n) is 8.39. The molecule has 3 aliphatic carbocycles. The number of benzene rings is 1. The molecule has 0 spiro atoms. The summed E-state index contributed by atoms with van der Waals surface area (Å²) in [4.78, 5) is 13.1. The maximum Gasteiger partial charge on any atom is 0.194 e. The third kappa shape index (κ3) is 2.01. The lowest BCUT2D eigenvalue weighted by Crippen LogP contribution is -2.31. The zero-order valence-electron chi connectivity index (χ0n) is 14.2. The molecule has 1 aromatic rings. The minimum Gasteiger partial charge on any atom is -0.289 e. The second-order valence-electron chi connectivity index (χ2n) is 7.85. The van der Waals surface area contributed by atoms with Gasteiger partial charge in [0, 0.05) is 17.1 Å². The SMILES string of the molecule is CC1C=CC=C2C3=C(C(=O)c4ccccc43)C([Si](C)(C)C)=CC21. The number of ketones is 1. The molecule has 0 bridgehead atoms. The fourth-order valence-electron chi connectivity index (χ4n) is 4.07. The first-order chi connectivity index (χ1) is 10.9. The van der Waals surface area contributed by atoms with Crippen LogP contribution < -0.4 is 0 Å². The van der Waals surface area contributed by atoms with Gasteiger partial charge in [-0.25, -0.2) is 0 Å². The molecule has 0 saturated heterocycles. The summed E-state index contributed by atoms with van der Waals surface area (Å²) >= 11 is 0. The number of fused-ring (bicyclic) bond motifs is 4. The van der Waals surface area contributed by atoms with Gasteiger partial charge in [-0.3, -0.25) is 4.79 Å². The average molecular weight is 318 g/mol. The molecule has 116 valence electrons. The van der Waals surface area contributed by atoms with E-state index in [0.717, 1.165) is 16.7 Å². The van der Waals surface area contributed by atoms with E-state index < -0.39 is 8.07 Å². The van der Waals surface area contributed by atoms with Crippen molar-refractivity contribution < 1.29 is 4.79 Å². The summed E-state index contributed by atoms with van der Waals surface area (Å²) in [5, 5.41) is 1.35. The van der Waals surface area contributed by atoms with Crippen molar-refractivity contribution in [3.8, 4) is 0 Å². The molecule has 0 aliphatic heterocycles. The number of carbonyl (C=O) groups is 1. The Morgan fingerprint density at radius 2 is 1.70 bits per heavy atom. The van der Waals surface area contributed by atoms with Crippen LogP contribution in [-0.4, -0.2) is 13.9 Å². The Morgan fingerprint density at radius 1 is 1.00 bits per heavy atom. The van der Waals surface area contributed by atoms with Gasteiger partial charge in [0.1, 0.15) is 0 Å². The lowest BCUT2D eigenvalue weighted by atomic mass is 9.75. The minimum absolute atomic E-state index is 0.228. The second kappa shape index (κ2) is 4.78. The van der Waals surface area contributed by atoms with E-state index in [1.165, 1.54) is 16.3 Å². The van der Waals surface area contributed by atoms with Crippen molar-refractivity contribution >= 4 is 19.4 Å². The molecule has 0 radical (unpaired) electrons. The minimum atomic E-state index is -1.60. The molecule has 3 aliphatic rings. The summed E-state index contributed by atoms with van der Waals surface area (Å²) in [5.74, 6) is 1.11. The summed E-state index contributed by atoms with van der Waals surface area (Å²) in [7, 11) is -1.60.